The highest BCUT2D eigenvalue weighted by molar-refractivity contribution is 5.79. The number of hydrogen-bond donors (Lipinski definition) is 1. The zero-order valence-electron chi connectivity index (χ0n) is 14.1. The van der Waals surface area contributed by atoms with E-state index in [1.165, 1.54) is 0 Å². The highest BCUT2D eigenvalue weighted by Gasteiger charge is 2.22. The molecule has 0 aliphatic heterocycles. The van der Waals surface area contributed by atoms with Crippen molar-refractivity contribution in [2.45, 2.75) is 20.3 Å². The van der Waals surface area contributed by atoms with Crippen molar-refractivity contribution >= 4 is 28.0 Å². The van der Waals surface area contributed by atoms with Crippen molar-refractivity contribution in [3.63, 3.8) is 0 Å². The molecule has 0 spiro atoms. The summed E-state index contributed by atoms with van der Waals surface area (Å²) >= 11 is 0. The van der Waals surface area contributed by atoms with Crippen molar-refractivity contribution in [1.29, 1.82) is 0 Å². The number of hydrogen-bond acceptors (Lipinski definition) is 5. The van der Waals surface area contributed by atoms with Crippen LogP contribution in [0, 0.1) is 24.3 Å². The highest BCUT2D eigenvalue weighted by Crippen LogP contribution is 2.18. The summed E-state index contributed by atoms with van der Waals surface area (Å²) in [5, 5.41) is 25.4. The van der Waals surface area contributed by atoms with Crippen LogP contribution < -0.4 is 15.2 Å². The number of benzene rings is 2. The van der Waals surface area contributed by atoms with Gasteiger partial charge in [-0.3, -0.25) is 4.79 Å². The fourth-order valence-corrected chi connectivity index (χ4v) is 2.77. The number of nitrogens with two attached hydrogens (primary N) is 1. The van der Waals surface area contributed by atoms with Crippen molar-refractivity contribution < 1.29 is 19.0 Å². The SMILES string of the molecule is Cc1cc2c(cc1C)[n+]([O-])c1cc(CC(=O)OCCN)ccc1[n+]2[O-]. The summed E-state index contributed by atoms with van der Waals surface area (Å²) in [7, 11) is 0. The van der Waals surface area contributed by atoms with Crippen molar-refractivity contribution in [3.8, 4) is 0 Å². The van der Waals surface area contributed by atoms with Crippen molar-refractivity contribution in [2.24, 2.45) is 5.73 Å². The molecular weight excluding hydrogens is 322 g/mol. The molecule has 0 aliphatic carbocycles. The van der Waals surface area contributed by atoms with Crippen LogP contribution in [-0.2, 0) is 16.0 Å². The van der Waals surface area contributed by atoms with Gasteiger partial charge in [0.1, 0.15) is 6.61 Å². The first-order valence-corrected chi connectivity index (χ1v) is 7.96. The molecule has 25 heavy (non-hydrogen) atoms. The molecule has 130 valence electrons. The molecule has 0 saturated carbocycles. The van der Waals surface area contributed by atoms with Crippen LogP contribution in [0.2, 0.25) is 0 Å². The van der Waals surface area contributed by atoms with E-state index in [0.29, 0.717) is 16.6 Å². The minimum absolute atomic E-state index is 0.0137. The quantitative estimate of drug-likeness (QED) is 0.329. The number of fused-ring (bicyclic) bond motifs is 2. The third kappa shape index (κ3) is 3.06. The van der Waals surface area contributed by atoms with Gasteiger partial charge in [-0.15, -0.1) is 0 Å². The van der Waals surface area contributed by atoms with Gasteiger partial charge in [-0.25, -0.2) is 0 Å². The molecular formula is C18H19N3O4. The van der Waals surface area contributed by atoms with Gasteiger partial charge in [0.25, 0.3) is 22.1 Å². The molecule has 0 radical (unpaired) electrons. The van der Waals surface area contributed by atoms with E-state index >= 15 is 0 Å². The van der Waals surface area contributed by atoms with E-state index in [-0.39, 0.29) is 30.6 Å². The van der Waals surface area contributed by atoms with Crippen LogP contribution in [-0.4, -0.2) is 19.1 Å². The van der Waals surface area contributed by atoms with Gasteiger partial charge in [0.05, 0.1) is 6.42 Å². The number of carbonyl (C=O) groups excluding carboxylic acids is 1. The number of esters is 1. The van der Waals surface area contributed by atoms with Gasteiger partial charge in [-0.2, -0.15) is 9.46 Å². The van der Waals surface area contributed by atoms with E-state index in [1.54, 1.807) is 30.3 Å². The molecule has 1 heterocycles. The molecule has 0 bridgehead atoms. The fraction of sp³-hybridized carbons (Fsp3) is 0.278. The maximum Gasteiger partial charge on any atom is 0.310 e. The van der Waals surface area contributed by atoms with Gasteiger partial charge in [0.2, 0.25) is 0 Å². The van der Waals surface area contributed by atoms with Crippen molar-refractivity contribution in [2.75, 3.05) is 13.2 Å². The molecule has 0 saturated heterocycles. The Morgan fingerprint density at radius 2 is 1.56 bits per heavy atom. The molecule has 2 N–H and O–H groups in total. The topological polar surface area (TPSA) is 106 Å². The number of carbonyl (C=O) groups is 1. The van der Waals surface area contributed by atoms with Crippen LogP contribution in [0.5, 0.6) is 0 Å². The van der Waals surface area contributed by atoms with Crippen LogP contribution in [0.1, 0.15) is 16.7 Å². The normalized spacial score (nSPS) is 11.2. The van der Waals surface area contributed by atoms with Gasteiger partial charge in [0.15, 0.2) is 0 Å². The zero-order chi connectivity index (χ0) is 18.1. The van der Waals surface area contributed by atoms with Gasteiger partial charge >= 0.3 is 5.97 Å². The summed E-state index contributed by atoms with van der Waals surface area (Å²) in [6.07, 6.45) is 0.0137. The lowest BCUT2D eigenvalue weighted by molar-refractivity contribution is -0.591. The molecule has 3 rings (SSSR count). The minimum atomic E-state index is -0.426. The Balaban J connectivity index is 2.13. The van der Waals surface area contributed by atoms with E-state index in [0.717, 1.165) is 20.6 Å². The molecule has 0 aliphatic rings. The van der Waals surface area contributed by atoms with E-state index in [4.69, 9.17) is 10.5 Å². The number of rotatable bonds is 4. The Morgan fingerprint density at radius 3 is 2.16 bits per heavy atom. The van der Waals surface area contributed by atoms with Crippen LogP contribution in [0.4, 0.5) is 0 Å². The molecule has 7 heteroatoms. The van der Waals surface area contributed by atoms with Gasteiger partial charge < -0.3 is 20.9 Å². The molecule has 0 fully saturated rings. The maximum absolute atomic E-state index is 12.7. The predicted octanol–water partition coefficient (Wildman–Crippen LogP) is 0.921. The second-order valence-electron chi connectivity index (χ2n) is 6.02. The molecule has 0 amide bonds. The molecule has 0 unspecified atom stereocenters. The Labute approximate surface area is 144 Å². The monoisotopic (exact) mass is 341 g/mol. The Kier molecular flexibility index (Phi) is 4.41. The minimum Gasteiger partial charge on any atom is -0.617 e. The molecule has 7 nitrogen and oxygen atoms in total. The summed E-state index contributed by atoms with van der Waals surface area (Å²) in [4.78, 5) is 11.7. The van der Waals surface area contributed by atoms with Gasteiger partial charge in [-0.05, 0) is 30.5 Å². The summed E-state index contributed by atoms with van der Waals surface area (Å²) in [5.41, 5.74) is 8.86. The summed E-state index contributed by atoms with van der Waals surface area (Å²) < 4.78 is 6.43. The summed E-state index contributed by atoms with van der Waals surface area (Å²) in [6.45, 7) is 4.19. The zero-order valence-corrected chi connectivity index (χ0v) is 14.1. The fourth-order valence-electron chi connectivity index (χ4n) is 2.77. The first-order chi connectivity index (χ1) is 11.9. The molecule has 3 aromatic rings. The Hall–Kier alpha value is -2.93. The summed E-state index contributed by atoms with van der Waals surface area (Å²) in [6, 6.07) is 8.16. The van der Waals surface area contributed by atoms with E-state index in [2.05, 4.69) is 0 Å². The van der Waals surface area contributed by atoms with Crippen LogP contribution >= 0.6 is 0 Å². The summed E-state index contributed by atoms with van der Waals surface area (Å²) in [5.74, 6) is -0.426. The number of aryl methyl sites for hydroxylation is 2. The lowest BCUT2D eigenvalue weighted by Gasteiger charge is -2.10. The molecule has 1 aromatic heterocycles. The lowest BCUT2D eigenvalue weighted by atomic mass is 10.1. The lowest BCUT2D eigenvalue weighted by Crippen LogP contribution is -2.39. The number of ether oxygens (including phenoxy) is 1. The first-order valence-electron chi connectivity index (χ1n) is 7.96. The van der Waals surface area contributed by atoms with Gasteiger partial charge in [-0.1, -0.05) is 6.07 Å². The average molecular weight is 341 g/mol. The third-order valence-corrected chi connectivity index (χ3v) is 4.24. The van der Waals surface area contributed by atoms with E-state index in [1.807, 2.05) is 13.8 Å². The first kappa shape index (κ1) is 16.9. The molecule has 2 aromatic carbocycles. The predicted molar refractivity (Wildman–Crippen MR) is 92.6 cm³/mol. The second-order valence-corrected chi connectivity index (χ2v) is 6.02. The van der Waals surface area contributed by atoms with Crippen molar-refractivity contribution in [1.82, 2.24) is 0 Å². The van der Waals surface area contributed by atoms with Gasteiger partial charge in [0, 0.05) is 30.8 Å². The van der Waals surface area contributed by atoms with E-state index < -0.39 is 5.97 Å². The largest absolute Gasteiger partial charge is 0.617 e. The Bertz CT molecular complexity index is 985. The second kappa shape index (κ2) is 6.52. The average Bonchev–Trinajstić information content (AvgIpc) is 2.59. The van der Waals surface area contributed by atoms with Crippen LogP contribution in [0.3, 0.4) is 0 Å². The standard InChI is InChI=1S/C18H19N3O4/c1-11-7-15-16(8-12(11)2)21(24)17-9-13(3-4-14(17)20(15)23)10-18(22)25-6-5-19/h3-4,7-9H,5-6,10,19H2,1-2H3. The van der Waals surface area contributed by atoms with Crippen LogP contribution in [0.15, 0.2) is 30.3 Å². The third-order valence-electron chi connectivity index (χ3n) is 4.24. The highest BCUT2D eigenvalue weighted by atomic mass is 16.5. The maximum atomic E-state index is 12.7. The molecule has 0 atom stereocenters. The smallest absolute Gasteiger partial charge is 0.310 e. The van der Waals surface area contributed by atoms with Crippen molar-refractivity contribution in [3.05, 3.63) is 57.4 Å². The van der Waals surface area contributed by atoms with E-state index in [9.17, 15) is 15.2 Å². The van der Waals surface area contributed by atoms with Crippen LogP contribution in [0.25, 0.3) is 22.1 Å². The Morgan fingerprint density at radius 1 is 1.00 bits per heavy atom. The number of aromatic nitrogens is 2. The number of nitrogens with zero attached hydrogens (tertiary/aromatic N) is 2.